The number of ether oxygens (including phenoxy) is 2. The van der Waals surface area contributed by atoms with E-state index in [-0.39, 0.29) is 24.3 Å². The van der Waals surface area contributed by atoms with Crippen LogP contribution in [0.15, 0.2) is 60.7 Å². The van der Waals surface area contributed by atoms with E-state index in [1.165, 1.54) is 0 Å². The summed E-state index contributed by atoms with van der Waals surface area (Å²) in [4.78, 5) is 15.0. The van der Waals surface area contributed by atoms with E-state index in [0.29, 0.717) is 12.2 Å². The molecule has 0 aliphatic rings. The molecule has 0 aliphatic heterocycles. The number of nitrogens with zero attached hydrogens (tertiary/aromatic N) is 1. The number of hydrogen-bond donors (Lipinski definition) is 1. The third-order valence-electron chi connectivity index (χ3n) is 6.47. The second-order valence-electron chi connectivity index (χ2n) is 9.08. The molecule has 0 aromatic heterocycles. The lowest BCUT2D eigenvalue weighted by atomic mass is 9.80. The fraction of sp³-hybridized carbons (Fsp3) is 0.393. The van der Waals surface area contributed by atoms with Gasteiger partial charge < -0.3 is 19.5 Å². The van der Waals surface area contributed by atoms with Crippen molar-refractivity contribution < 1.29 is 19.4 Å². The zero-order valence-corrected chi connectivity index (χ0v) is 21.7. The molecule has 0 bridgehead atoms. The third-order valence-corrected chi connectivity index (χ3v) is 6.47. The highest BCUT2D eigenvalue weighted by Gasteiger charge is 2.34. The molecule has 34 heavy (non-hydrogen) atoms. The molecule has 3 aromatic rings. The summed E-state index contributed by atoms with van der Waals surface area (Å²) in [7, 11) is 5.64. The van der Waals surface area contributed by atoms with Gasteiger partial charge in [-0.3, -0.25) is 4.79 Å². The number of hydrogen-bond acceptors (Lipinski definition) is 5. The lowest BCUT2D eigenvalue weighted by Gasteiger charge is -2.35. The van der Waals surface area contributed by atoms with Gasteiger partial charge in [0.15, 0.2) is 0 Å². The number of rotatable bonds is 9. The molecular formula is C28H36ClNO4. The Hall–Kier alpha value is -2.60. The molecule has 0 saturated heterocycles. The van der Waals surface area contributed by atoms with Gasteiger partial charge in [0.2, 0.25) is 0 Å². The Bertz CT molecular complexity index is 1120. The van der Waals surface area contributed by atoms with Crippen LogP contribution in [0.25, 0.3) is 10.8 Å². The predicted octanol–water partition coefficient (Wildman–Crippen LogP) is 5.77. The first-order valence-corrected chi connectivity index (χ1v) is 11.4. The van der Waals surface area contributed by atoms with Crippen molar-refractivity contribution in [2.45, 2.75) is 38.7 Å². The fourth-order valence-electron chi connectivity index (χ4n) is 4.34. The van der Waals surface area contributed by atoms with Crippen LogP contribution in [-0.2, 0) is 10.4 Å². The second-order valence-corrected chi connectivity index (χ2v) is 9.08. The van der Waals surface area contributed by atoms with Gasteiger partial charge in [-0.2, -0.15) is 0 Å². The maximum absolute atomic E-state index is 12.9. The van der Waals surface area contributed by atoms with Crippen LogP contribution in [0.1, 0.15) is 44.2 Å². The molecule has 184 valence electrons. The van der Waals surface area contributed by atoms with Crippen LogP contribution in [-0.4, -0.2) is 43.7 Å². The van der Waals surface area contributed by atoms with Gasteiger partial charge in [-0.25, -0.2) is 0 Å². The monoisotopic (exact) mass is 485 g/mol. The Balaban J connectivity index is 0.00000408. The van der Waals surface area contributed by atoms with Crippen LogP contribution in [0.4, 0.5) is 0 Å². The lowest BCUT2D eigenvalue weighted by Crippen LogP contribution is -2.38. The summed E-state index contributed by atoms with van der Waals surface area (Å²) in [5.74, 6) is 0.492. The van der Waals surface area contributed by atoms with Gasteiger partial charge in [-0.1, -0.05) is 50.2 Å². The molecule has 0 fully saturated rings. The third kappa shape index (κ3) is 6.09. The Morgan fingerprint density at radius 3 is 2.32 bits per heavy atom. The van der Waals surface area contributed by atoms with Gasteiger partial charge in [-0.15, -0.1) is 12.4 Å². The largest absolute Gasteiger partial charge is 0.497 e. The van der Waals surface area contributed by atoms with Gasteiger partial charge in [0.05, 0.1) is 18.6 Å². The number of carbonyl (C=O) groups is 1. The van der Waals surface area contributed by atoms with Gasteiger partial charge >= 0.3 is 5.97 Å². The average molecular weight is 486 g/mol. The molecule has 3 aromatic carbocycles. The first kappa shape index (κ1) is 27.6. The molecule has 0 unspecified atom stereocenters. The van der Waals surface area contributed by atoms with Crippen molar-refractivity contribution in [3.05, 3.63) is 71.8 Å². The minimum Gasteiger partial charge on any atom is -0.497 e. The number of benzene rings is 3. The molecule has 6 heteroatoms. The highest BCUT2D eigenvalue weighted by molar-refractivity contribution is 5.87. The SMILES string of the molecule is CC[C@](O)(c1cccc(OC(=O)[C@@H](C)c2ccc3cc(OC)ccc3c2)c1)[C@H](C)CN(C)C.Cl. The van der Waals surface area contributed by atoms with Crippen molar-refractivity contribution in [1.82, 2.24) is 4.90 Å². The van der Waals surface area contributed by atoms with E-state index in [1.807, 2.05) is 83.4 Å². The van der Waals surface area contributed by atoms with Crippen LogP contribution in [0.2, 0.25) is 0 Å². The van der Waals surface area contributed by atoms with E-state index < -0.39 is 11.5 Å². The molecule has 1 N–H and O–H groups in total. The van der Waals surface area contributed by atoms with Crippen molar-refractivity contribution in [3.8, 4) is 11.5 Å². The normalized spacial score (nSPS) is 14.7. The van der Waals surface area contributed by atoms with Crippen LogP contribution < -0.4 is 9.47 Å². The van der Waals surface area contributed by atoms with E-state index in [9.17, 15) is 9.90 Å². The second kappa shape index (κ2) is 11.7. The highest BCUT2D eigenvalue weighted by Crippen LogP contribution is 2.35. The molecule has 3 atom stereocenters. The number of esters is 1. The van der Waals surface area contributed by atoms with Crippen LogP contribution in [0, 0.1) is 5.92 Å². The minimum atomic E-state index is -1.00. The molecule has 5 nitrogen and oxygen atoms in total. The van der Waals surface area contributed by atoms with E-state index in [1.54, 1.807) is 19.2 Å². The van der Waals surface area contributed by atoms with Gasteiger partial charge in [0, 0.05) is 12.5 Å². The Kier molecular flexibility index (Phi) is 9.51. The highest BCUT2D eigenvalue weighted by atomic mass is 35.5. The number of fused-ring (bicyclic) bond motifs is 1. The summed E-state index contributed by atoms with van der Waals surface area (Å²) < 4.78 is 11.0. The standard InChI is InChI=1S/C28H35NO4.ClH/c1-7-28(31,19(2)18-29(4)5)24-9-8-10-26(17-24)33-27(30)20(3)21-11-12-23-16-25(32-6)14-13-22(23)15-21;/h8-17,19-20,31H,7,18H2,1-6H3;1H/t19-,20+,28-;/m1./s1. The maximum atomic E-state index is 12.9. The van der Waals surface area contributed by atoms with Crippen molar-refractivity contribution >= 4 is 29.1 Å². The molecule has 0 spiro atoms. The molecule has 0 saturated carbocycles. The predicted molar refractivity (Wildman–Crippen MR) is 140 cm³/mol. The topological polar surface area (TPSA) is 59.0 Å². The van der Waals surface area contributed by atoms with Gasteiger partial charge in [0.25, 0.3) is 0 Å². The Morgan fingerprint density at radius 1 is 1.00 bits per heavy atom. The molecule has 0 radical (unpaired) electrons. The molecule has 0 heterocycles. The number of methoxy groups -OCH3 is 1. The quantitative estimate of drug-likeness (QED) is 0.308. The summed E-state index contributed by atoms with van der Waals surface area (Å²) in [5.41, 5.74) is 0.646. The van der Waals surface area contributed by atoms with E-state index >= 15 is 0 Å². The summed E-state index contributed by atoms with van der Waals surface area (Å²) in [6.45, 7) is 6.61. The molecule has 0 aliphatic carbocycles. The van der Waals surface area contributed by atoms with Crippen molar-refractivity contribution in [1.29, 1.82) is 0 Å². The van der Waals surface area contributed by atoms with Crippen LogP contribution >= 0.6 is 12.4 Å². The van der Waals surface area contributed by atoms with Gasteiger partial charge in [-0.05, 0) is 73.6 Å². The average Bonchev–Trinajstić information content (AvgIpc) is 2.81. The summed E-state index contributed by atoms with van der Waals surface area (Å²) in [6, 6.07) is 19.1. The first-order valence-electron chi connectivity index (χ1n) is 11.4. The fourth-order valence-corrected chi connectivity index (χ4v) is 4.34. The van der Waals surface area contributed by atoms with E-state index in [0.717, 1.165) is 34.2 Å². The smallest absolute Gasteiger partial charge is 0.318 e. The summed E-state index contributed by atoms with van der Waals surface area (Å²) >= 11 is 0. The Labute approximate surface area is 209 Å². The zero-order valence-electron chi connectivity index (χ0n) is 20.9. The molecule has 3 rings (SSSR count). The van der Waals surface area contributed by atoms with Crippen molar-refractivity contribution in [2.75, 3.05) is 27.7 Å². The summed E-state index contributed by atoms with van der Waals surface area (Å²) in [5, 5.41) is 13.5. The number of carbonyl (C=O) groups excluding carboxylic acids is 1. The number of halogens is 1. The Morgan fingerprint density at radius 2 is 1.68 bits per heavy atom. The number of aliphatic hydroxyl groups is 1. The lowest BCUT2D eigenvalue weighted by molar-refractivity contribution is -0.135. The van der Waals surface area contributed by atoms with E-state index in [2.05, 4.69) is 4.90 Å². The van der Waals surface area contributed by atoms with Crippen LogP contribution in [0.3, 0.4) is 0 Å². The molecule has 0 amide bonds. The van der Waals surface area contributed by atoms with Crippen LogP contribution in [0.5, 0.6) is 11.5 Å². The van der Waals surface area contributed by atoms with Crippen molar-refractivity contribution in [2.24, 2.45) is 5.92 Å². The first-order chi connectivity index (χ1) is 15.7. The minimum absolute atomic E-state index is 0. The zero-order chi connectivity index (χ0) is 24.2. The molecular weight excluding hydrogens is 450 g/mol. The maximum Gasteiger partial charge on any atom is 0.318 e. The van der Waals surface area contributed by atoms with E-state index in [4.69, 9.17) is 9.47 Å². The summed E-state index contributed by atoms with van der Waals surface area (Å²) in [6.07, 6.45) is 0.567. The van der Waals surface area contributed by atoms with Gasteiger partial charge in [0.1, 0.15) is 11.5 Å². The van der Waals surface area contributed by atoms with Crippen molar-refractivity contribution in [3.63, 3.8) is 0 Å².